The van der Waals surface area contributed by atoms with Crippen molar-refractivity contribution in [1.82, 2.24) is 9.29 Å². The third-order valence-corrected chi connectivity index (χ3v) is 6.16. The molecule has 0 saturated carbocycles. The number of nitrogen functional groups attached to an aromatic ring is 1. The van der Waals surface area contributed by atoms with Gasteiger partial charge < -0.3 is 5.73 Å². The van der Waals surface area contributed by atoms with Crippen molar-refractivity contribution in [1.29, 1.82) is 0 Å². The van der Waals surface area contributed by atoms with Crippen LogP contribution in [0.2, 0.25) is 0 Å². The van der Waals surface area contributed by atoms with E-state index >= 15 is 0 Å². The third-order valence-electron chi connectivity index (χ3n) is 2.94. The standard InChI is InChI=1S/C11H17N3O2S2/c1-2-9-8-14(6-7-17-9)18(15,16)11-10(12)4-3-5-13-11/h3-5,9H,2,6-8,12H2,1H3. The van der Waals surface area contributed by atoms with E-state index in [4.69, 9.17) is 5.73 Å². The van der Waals surface area contributed by atoms with Crippen LogP contribution >= 0.6 is 11.8 Å². The molecule has 1 unspecified atom stereocenters. The zero-order valence-corrected chi connectivity index (χ0v) is 11.9. The first-order valence-corrected chi connectivity index (χ1v) is 8.37. The Bertz CT molecular complexity index is 519. The molecule has 100 valence electrons. The number of nitrogens with two attached hydrogens (primary N) is 1. The molecular weight excluding hydrogens is 270 g/mol. The van der Waals surface area contributed by atoms with Gasteiger partial charge in [-0.3, -0.25) is 0 Å². The van der Waals surface area contributed by atoms with Crippen molar-refractivity contribution in [3.05, 3.63) is 18.3 Å². The second kappa shape index (κ2) is 5.46. The average molecular weight is 287 g/mol. The molecule has 0 amide bonds. The molecule has 2 heterocycles. The molecule has 1 fully saturated rings. The van der Waals surface area contributed by atoms with Gasteiger partial charge in [-0.05, 0) is 18.6 Å². The summed E-state index contributed by atoms with van der Waals surface area (Å²) in [7, 11) is -3.55. The van der Waals surface area contributed by atoms with Gasteiger partial charge in [0.15, 0.2) is 5.03 Å². The fourth-order valence-electron chi connectivity index (χ4n) is 1.90. The Hall–Kier alpha value is -0.790. The number of anilines is 1. The van der Waals surface area contributed by atoms with E-state index in [1.807, 2.05) is 11.8 Å². The van der Waals surface area contributed by atoms with Gasteiger partial charge in [-0.2, -0.15) is 16.1 Å². The molecule has 1 aromatic rings. The highest BCUT2D eigenvalue weighted by molar-refractivity contribution is 8.00. The zero-order chi connectivity index (χ0) is 13.2. The monoisotopic (exact) mass is 287 g/mol. The van der Waals surface area contributed by atoms with Gasteiger partial charge in [-0.15, -0.1) is 0 Å². The Morgan fingerprint density at radius 3 is 3.06 bits per heavy atom. The summed E-state index contributed by atoms with van der Waals surface area (Å²) >= 11 is 1.82. The zero-order valence-electron chi connectivity index (χ0n) is 10.2. The maximum Gasteiger partial charge on any atom is 0.262 e. The fraction of sp³-hybridized carbons (Fsp3) is 0.545. The van der Waals surface area contributed by atoms with Crippen LogP contribution in [0.3, 0.4) is 0 Å². The molecule has 2 rings (SSSR count). The maximum atomic E-state index is 12.4. The molecule has 1 aliphatic rings. The molecule has 2 N–H and O–H groups in total. The minimum absolute atomic E-state index is 0.0215. The van der Waals surface area contributed by atoms with Crippen LogP contribution in [0.4, 0.5) is 5.69 Å². The topological polar surface area (TPSA) is 76.3 Å². The second-order valence-electron chi connectivity index (χ2n) is 4.16. The summed E-state index contributed by atoms with van der Waals surface area (Å²) in [5, 5.41) is 0.338. The molecule has 7 heteroatoms. The number of thioether (sulfide) groups is 1. The number of sulfonamides is 1. The first-order chi connectivity index (χ1) is 8.55. The van der Waals surface area contributed by atoms with E-state index in [0.29, 0.717) is 18.3 Å². The lowest BCUT2D eigenvalue weighted by Crippen LogP contribution is -2.42. The Labute approximate surface area is 112 Å². The lowest BCUT2D eigenvalue weighted by atomic mass is 10.3. The van der Waals surface area contributed by atoms with Crippen molar-refractivity contribution in [3.63, 3.8) is 0 Å². The number of aromatic nitrogens is 1. The highest BCUT2D eigenvalue weighted by Crippen LogP contribution is 2.27. The van der Waals surface area contributed by atoms with Crippen molar-refractivity contribution < 1.29 is 8.42 Å². The fourth-order valence-corrected chi connectivity index (χ4v) is 4.80. The predicted octanol–water partition coefficient (Wildman–Crippen LogP) is 1.18. The summed E-state index contributed by atoms with van der Waals surface area (Å²) in [6.07, 6.45) is 2.42. The van der Waals surface area contributed by atoms with Crippen LogP contribution < -0.4 is 5.73 Å². The average Bonchev–Trinajstić information content (AvgIpc) is 2.39. The smallest absolute Gasteiger partial charge is 0.262 e. The molecule has 1 aliphatic heterocycles. The minimum atomic E-state index is -3.55. The summed E-state index contributed by atoms with van der Waals surface area (Å²) in [6.45, 7) is 3.14. The first-order valence-electron chi connectivity index (χ1n) is 5.88. The van der Waals surface area contributed by atoms with Crippen LogP contribution in [0.1, 0.15) is 13.3 Å². The molecule has 18 heavy (non-hydrogen) atoms. The molecule has 5 nitrogen and oxygen atoms in total. The second-order valence-corrected chi connectivity index (χ2v) is 7.42. The van der Waals surface area contributed by atoms with E-state index in [-0.39, 0.29) is 10.7 Å². The molecule has 0 spiro atoms. The lowest BCUT2D eigenvalue weighted by molar-refractivity contribution is 0.414. The van der Waals surface area contributed by atoms with E-state index in [0.717, 1.165) is 12.2 Å². The van der Waals surface area contributed by atoms with E-state index in [1.165, 1.54) is 10.5 Å². The summed E-state index contributed by atoms with van der Waals surface area (Å²) < 4.78 is 26.4. The van der Waals surface area contributed by atoms with Gasteiger partial charge in [0.2, 0.25) is 0 Å². The highest BCUT2D eigenvalue weighted by Gasteiger charge is 2.32. The molecular formula is C11H17N3O2S2. The molecule has 0 radical (unpaired) electrons. The number of hydrogen-bond acceptors (Lipinski definition) is 5. The van der Waals surface area contributed by atoms with E-state index in [9.17, 15) is 8.42 Å². The van der Waals surface area contributed by atoms with Crippen LogP contribution in [-0.4, -0.2) is 41.8 Å². The lowest BCUT2D eigenvalue weighted by Gasteiger charge is -2.30. The van der Waals surface area contributed by atoms with Gasteiger partial charge in [-0.1, -0.05) is 6.92 Å². The Balaban J connectivity index is 2.29. The number of hydrogen-bond donors (Lipinski definition) is 1. The van der Waals surface area contributed by atoms with Crippen molar-refractivity contribution in [2.75, 3.05) is 24.6 Å². The van der Waals surface area contributed by atoms with Gasteiger partial charge in [-0.25, -0.2) is 13.4 Å². The number of rotatable bonds is 3. The van der Waals surface area contributed by atoms with Crippen LogP contribution in [0, 0.1) is 0 Å². The van der Waals surface area contributed by atoms with Crippen molar-refractivity contribution >= 4 is 27.5 Å². The van der Waals surface area contributed by atoms with Gasteiger partial charge in [0.25, 0.3) is 10.0 Å². The van der Waals surface area contributed by atoms with Gasteiger partial charge in [0.05, 0.1) is 5.69 Å². The number of pyridine rings is 1. The van der Waals surface area contributed by atoms with Crippen LogP contribution in [0.25, 0.3) is 0 Å². The van der Waals surface area contributed by atoms with Gasteiger partial charge in [0, 0.05) is 30.3 Å². The highest BCUT2D eigenvalue weighted by atomic mass is 32.2. The van der Waals surface area contributed by atoms with Crippen molar-refractivity contribution in [3.8, 4) is 0 Å². The quantitative estimate of drug-likeness (QED) is 0.903. The Morgan fingerprint density at radius 1 is 1.61 bits per heavy atom. The van der Waals surface area contributed by atoms with Gasteiger partial charge in [0.1, 0.15) is 0 Å². The molecule has 1 aromatic heterocycles. The predicted molar refractivity (Wildman–Crippen MR) is 73.9 cm³/mol. The maximum absolute atomic E-state index is 12.4. The summed E-state index contributed by atoms with van der Waals surface area (Å²) in [6, 6.07) is 3.20. The molecule has 0 aliphatic carbocycles. The van der Waals surface area contributed by atoms with E-state index in [1.54, 1.807) is 12.1 Å². The third kappa shape index (κ3) is 2.62. The first kappa shape index (κ1) is 13.6. The minimum Gasteiger partial charge on any atom is -0.396 e. The van der Waals surface area contributed by atoms with Crippen molar-refractivity contribution in [2.45, 2.75) is 23.6 Å². The van der Waals surface area contributed by atoms with Crippen molar-refractivity contribution in [2.24, 2.45) is 0 Å². The summed E-state index contributed by atoms with van der Waals surface area (Å²) in [5.74, 6) is 0.824. The Kier molecular flexibility index (Phi) is 4.14. The van der Waals surface area contributed by atoms with E-state index in [2.05, 4.69) is 11.9 Å². The summed E-state index contributed by atoms with van der Waals surface area (Å²) in [4.78, 5) is 3.91. The van der Waals surface area contributed by atoms with Crippen LogP contribution in [-0.2, 0) is 10.0 Å². The van der Waals surface area contributed by atoms with E-state index < -0.39 is 10.0 Å². The molecule has 1 saturated heterocycles. The molecule has 0 aromatic carbocycles. The normalized spacial score (nSPS) is 21.9. The largest absolute Gasteiger partial charge is 0.396 e. The Morgan fingerprint density at radius 2 is 2.39 bits per heavy atom. The SMILES string of the molecule is CCC1CN(S(=O)(=O)c2ncccc2N)CCS1. The van der Waals surface area contributed by atoms with Crippen LogP contribution in [0.5, 0.6) is 0 Å². The molecule has 0 bridgehead atoms. The number of nitrogens with zero attached hydrogens (tertiary/aromatic N) is 2. The molecule has 1 atom stereocenters. The van der Waals surface area contributed by atoms with Crippen LogP contribution in [0.15, 0.2) is 23.4 Å². The van der Waals surface area contributed by atoms with Gasteiger partial charge >= 0.3 is 0 Å². The summed E-state index contributed by atoms with van der Waals surface area (Å²) in [5.41, 5.74) is 5.92.